The highest BCUT2D eigenvalue weighted by atomic mass is 16.6. The third-order valence-electron chi connectivity index (χ3n) is 0.860. The summed E-state index contributed by atoms with van der Waals surface area (Å²) in [6, 6.07) is 0. The molecule has 0 aliphatic heterocycles. The summed E-state index contributed by atoms with van der Waals surface area (Å²) in [4.78, 5) is 21.0. The Balaban J connectivity index is 3.38. The number of hydrogen-bond donors (Lipinski definition) is 0. The third kappa shape index (κ3) is 5.39. The average Bonchev–Trinajstić information content (AvgIpc) is 2.01. The number of hydrogen-bond acceptors (Lipinski definition) is 4. The molecule has 0 bridgehead atoms. The highest BCUT2D eigenvalue weighted by molar-refractivity contribution is 5.76. The van der Waals surface area contributed by atoms with Crippen LogP contribution < -0.4 is 0 Å². The molecule has 0 spiro atoms. The van der Waals surface area contributed by atoms with Crippen molar-refractivity contribution in [2.24, 2.45) is 0 Å². The molecule has 0 unspecified atom stereocenters. The molecule has 0 aliphatic rings. The molecule has 4 heteroatoms. The fourth-order valence-corrected chi connectivity index (χ4v) is 0.414. The largest absolute Gasteiger partial charge is 0.463 e. The van der Waals surface area contributed by atoms with Crippen LogP contribution in [0.4, 0.5) is 0 Å². The lowest BCUT2D eigenvalue weighted by molar-refractivity contribution is -0.158. The van der Waals surface area contributed by atoms with Crippen molar-refractivity contribution in [2.75, 3.05) is 13.2 Å². The minimum atomic E-state index is -0.533. The summed E-state index contributed by atoms with van der Waals surface area (Å²) in [6.45, 7) is 4.94. The summed E-state index contributed by atoms with van der Waals surface area (Å²) in [5.41, 5.74) is 0. The lowest BCUT2D eigenvalue weighted by Crippen LogP contribution is -2.15. The summed E-state index contributed by atoms with van der Waals surface area (Å²) in [5.74, 6) is -1.03. The topological polar surface area (TPSA) is 52.6 Å². The number of carbonyl (C=O) groups excluding carboxylic acids is 2. The minimum Gasteiger partial charge on any atom is -0.463 e. The molecule has 0 heterocycles. The van der Waals surface area contributed by atoms with Crippen LogP contribution in [0.15, 0.2) is 0 Å². The van der Waals surface area contributed by atoms with Gasteiger partial charge in [0.1, 0.15) is 0 Å². The number of rotatable bonds is 4. The number of ether oxygens (including phenoxy) is 2. The van der Waals surface area contributed by atoms with Gasteiger partial charge in [-0.15, -0.1) is 0 Å². The Morgan fingerprint density at radius 2 is 1.91 bits per heavy atom. The van der Waals surface area contributed by atoms with E-state index < -0.39 is 11.9 Å². The molecule has 63 valence electrons. The van der Waals surface area contributed by atoms with Crippen molar-refractivity contribution >= 4 is 11.9 Å². The molecule has 0 atom stereocenters. The SMILES string of the molecule is [CH2]CC(=O)OCC(=O)OCC. The monoisotopic (exact) mass is 159 g/mol. The van der Waals surface area contributed by atoms with Crippen molar-refractivity contribution in [1.29, 1.82) is 0 Å². The van der Waals surface area contributed by atoms with Gasteiger partial charge in [0.15, 0.2) is 6.61 Å². The predicted molar refractivity (Wildman–Crippen MR) is 37.6 cm³/mol. The standard InChI is InChI=1S/C7H11O4/c1-3-6(8)11-5-7(9)10-4-2/h1,3-5H2,2H3. The molecule has 4 nitrogen and oxygen atoms in total. The van der Waals surface area contributed by atoms with Gasteiger partial charge in [-0.05, 0) is 13.8 Å². The van der Waals surface area contributed by atoms with E-state index in [2.05, 4.69) is 16.4 Å². The zero-order valence-electron chi connectivity index (χ0n) is 6.46. The Hall–Kier alpha value is -1.06. The van der Waals surface area contributed by atoms with Crippen LogP contribution in [0.25, 0.3) is 0 Å². The Morgan fingerprint density at radius 1 is 1.27 bits per heavy atom. The van der Waals surface area contributed by atoms with Gasteiger partial charge >= 0.3 is 11.9 Å². The maximum atomic E-state index is 10.5. The summed E-state index contributed by atoms with van der Waals surface area (Å²) in [5, 5.41) is 0. The average molecular weight is 159 g/mol. The molecule has 0 saturated heterocycles. The van der Waals surface area contributed by atoms with Crippen molar-refractivity contribution in [3.05, 3.63) is 6.92 Å². The van der Waals surface area contributed by atoms with Gasteiger partial charge in [0.2, 0.25) is 0 Å². The van der Waals surface area contributed by atoms with Gasteiger partial charge in [-0.3, -0.25) is 4.79 Å². The zero-order valence-corrected chi connectivity index (χ0v) is 6.46. The van der Waals surface area contributed by atoms with Crippen LogP contribution in [0.1, 0.15) is 13.3 Å². The number of carbonyl (C=O) groups is 2. The summed E-state index contributed by atoms with van der Waals surface area (Å²) in [7, 11) is 0. The molecule has 0 saturated carbocycles. The van der Waals surface area contributed by atoms with E-state index in [-0.39, 0.29) is 13.0 Å². The van der Waals surface area contributed by atoms with Gasteiger partial charge in [0.25, 0.3) is 0 Å². The second-order valence-electron chi connectivity index (χ2n) is 1.72. The minimum absolute atomic E-state index is 0.0272. The van der Waals surface area contributed by atoms with E-state index in [1.165, 1.54) is 0 Å². The summed E-state index contributed by atoms with van der Waals surface area (Å²) < 4.78 is 8.93. The van der Waals surface area contributed by atoms with Crippen molar-refractivity contribution < 1.29 is 19.1 Å². The smallest absolute Gasteiger partial charge is 0.344 e. The second kappa shape index (κ2) is 5.70. The fourth-order valence-electron chi connectivity index (χ4n) is 0.414. The summed E-state index contributed by atoms with van der Waals surface area (Å²) in [6.07, 6.45) is 0.0272. The molecule has 0 amide bonds. The molecule has 0 aromatic carbocycles. The van der Waals surface area contributed by atoms with Crippen LogP contribution in [0.5, 0.6) is 0 Å². The number of esters is 2. The van der Waals surface area contributed by atoms with Crippen molar-refractivity contribution in [3.63, 3.8) is 0 Å². The third-order valence-corrected chi connectivity index (χ3v) is 0.860. The molecule has 0 aliphatic carbocycles. The molecule has 0 rings (SSSR count). The van der Waals surface area contributed by atoms with Crippen LogP contribution >= 0.6 is 0 Å². The van der Waals surface area contributed by atoms with Crippen LogP contribution in [0.2, 0.25) is 0 Å². The molecular weight excluding hydrogens is 148 g/mol. The molecular formula is C7H11O4. The first-order chi connectivity index (χ1) is 5.20. The second-order valence-corrected chi connectivity index (χ2v) is 1.72. The molecule has 0 aromatic rings. The van der Waals surface area contributed by atoms with Crippen LogP contribution in [0.3, 0.4) is 0 Å². The van der Waals surface area contributed by atoms with Crippen LogP contribution in [0, 0.1) is 6.92 Å². The van der Waals surface area contributed by atoms with Gasteiger partial charge in [0.05, 0.1) is 6.61 Å². The van der Waals surface area contributed by atoms with E-state index in [0.717, 1.165) is 0 Å². The quantitative estimate of drug-likeness (QED) is 0.554. The lowest BCUT2D eigenvalue weighted by Gasteiger charge is -2.01. The van der Waals surface area contributed by atoms with E-state index in [1.54, 1.807) is 6.92 Å². The van der Waals surface area contributed by atoms with Crippen LogP contribution in [-0.4, -0.2) is 25.2 Å². The van der Waals surface area contributed by atoms with Crippen LogP contribution in [-0.2, 0) is 19.1 Å². The molecule has 0 fully saturated rings. The first-order valence-corrected chi connectivity index (χ1v) is 3.31. The molecule has 1 radical (unpaired) electrons. The maximum absolute atomic E-state index is 10.5. The Kier molecular flexibility index (Phi) is 5.15. The highest BCUT2D eigenvalue weighted by Crippen LogP contribution is 1.85. The van der Waals surface area contributed by atoms with Gasteiger partial charge in [-0.1, -0.05) is 0 Å². The molecule has 0 N–H and O–H groups in total. The fraction of sp³-hybridized carbons (Fsp3) is 0.571. The predicted octanol–water partition coefficient (Wildman–Crippen LogP) is 0.317. The van der Waals surface area contributed by atoms with E-state index >= 15 is 0 Å². The van der Waals surface area contributed by atoms with Gasteiger partial charge in [-0.2, -0.15) is 0 Å². The zero-order chi connectivity index (χ0) is 8.69. The Morgan fingerprint density at radius 3 is 2.36 bits per heavy atom. The van der Waals surface area contributed by atoms with Gasteiger partial charge in [-0.25, -0.2) is 4.79 Å². The Bertz CT molecular complexity index is 141. The maximum Gasteiger partial charge on any atom is 0.344 e. The lowest BCUT2D eigenvalue weighted by atomic mass is 10.5. The first-order valence-electron chi connectivity index (χ1n) is 3.31. The first kappa shape index (κ1) is 9.94. The highest BCUT2D eigenvalue weighted by Gasteiger charge is 2.04. The Labute approximate surface area is 65.5 Å². The van der Waals surface area contributed by atoms with Gasteiger partial charge < -0.3 is 9.47 Å². The van der Waals surface area contributed by atoms with E-state index in [0.29, 0.717) is 6.61 Å². The molecule has 11 heavy (non-hydrogen) atoms. The van der Waals surface area contributed by atoms with E-state index in [9.17, 15) is 9.59 Å². The normalized spacial score (nSPS) is 8.91. The molecule has 0 aromatic heterocycles. The van der Waals surface area contributed by atoms with E-state index in [4.69, 9.17) is 0 Å². The van der Waals surface area contributed by atoms with Gasteiger partial charge in [0, 0.05) is 6.42 Å². The summed E-state index contributed by atoms with van der Waals surface area (Å²) >= 11 is 0. The van der Waals surface area contributed by atoms with Crippen molar-refractivity contribution in [1.82, 2.24) is 0 Å². The van der Waals surface area contributed by atoms with Crippen molar-refractivity contribution in [2.45, 2.75) is 13.3 Å². The van der Waals surface area contributed by atoms with Crippen molar-refractivity contribution in [3.8, 4) is 0 Å². The van der Waals surface area contributed by atoms with E-state index in [1.807, 2.05) is 0 Å².